The highest BCUT2D eigenvalue weighted by Crippen LogP contribution is 2.40. The number of nitrogens with zero attached hydrogens (tertiary/aromatic N) is 4. The number of para-hydroxylation sites is 4. The van der Waals surface area contributed by atoms with E-state index in [0.29, 0.717) is 16.7 Å². The minimum absolute atomic E-state index is 0.0411. The zero-order chi connectivity index (χ0) is 24.0. The first kappa shape index (κ1) is 21.5. The van der Waals surface area contributed by atoms with Gasteiger partial charge in [-0.05, 0) is 43.7 Å². The van der Waals surface area contributed by atoms with E-state index >= 15 is 0 Å². The Labute approximate surface area is 195 Å². The molecule has 1 unspecified atom stereocenters. The number of benzene rings is 3. The van der Waals surface area contributed by atoms with E-state index in [9.17, 15) is 19.7 Å². The fraction of sp³-hybridized carbons (Fsp3) is 0.192. The van der Waals surface area contributed by atoms with E-state index in [4.69, 9.17) is 4.98 Å². The van der Waals surface area contributed by atoms with Crippen molar-refractivity contribution in [2.75, 3.05) is 4.90 Å². The number of carbonyl (C=O) groups is 1. The van der Waals surface area contributed by atoms with E-state index in [2.05, 4.69) is 0 Å². The van der Waals surface area contributed by atoms with Gasteiger partial charge >= 0.3 is 0 Å². The van der Waals surface area contributed by atoms with E-state index in [1.165, 1.54) is 16.7 Å². The highest BCUT2D eigenvalue weighted by atomic mass is 16.6. The summed E-state index contributed by atoms with van der Waals surface area (Å²) >= 11 is 0. The number of hydrogen-bond acceptors (Lipinski definition) is 5. The number of rotatable bonds is 5. The van der Waals surface area contributed by atoms with Gasteiger partial charge in [-0.25, -0.2) is 4.98 Å². The zero-order valence-electron chi connectivity index (χ0n) is 18.7. The summed E-state index contributed by atoms with van der Waals surface area (Å²) in [5, 5.41) is 12.1. The number of amides is 1. The van der Waals surface area contributed by atoms with Crippen molar-refractivity contribution in [3.05, 3.63) is 105 Å². The molecule has 0 N–H and O–H groups in total. The maximum atomic E-state index is 13.6. The van der Waals surface area contributed by atoms with Gasteiger partial charge in [0.25, 0.3) is 11.2 Å². The number of hydrogen-bond donors (Lipinski definition) is 0. The summed E-state index contributed by atoms with van der Waals surface area (Å²) in [6.45, 7) is 3.91. The van der Waals surface area contributed by atoms with Crippen molar-refractivity contribution in [2.45, 2.75) is 32.2 Å². The topological polar surface area (TPSA) is 98.3 Å². The molecule has 170 valence electrons. The molecule has 1 aliphatic heterocycles. The van der Waals surface area contributed by atoms with Gasteiger partial charge in [-0.2, -0.15) is 0 Å². The lowest BCUT2D eigenvalue weighted by Crippen LogP contribution is -2.36. The predicted octanol–water partition coefficient (Wildman–Crippen LogP) is 4.38. The fourth-order valence-corrected chi connectivity index (χ4v) is 4.71. The van der Waals surface area contributed by atoms with Gasteiger partial charge in [-0.1, -0.05) is 42.5 Å². The van der Waals surface area contributed by atoms with Gasteiger partial charge in [0, 0.05) is 24.2 Å². The molecular weight excluding hydrogens is 432 g/mol. The van der Waals surface area contributed by atoms with Crippen LogP contribution in [0.4, 0.5) is 11.4 Å². The molecule has 4 aromatic rings. The lowest BCUT2D eigenvalue weighted by atomic mass is 9.96. The second-order valence-electron chi connectivity index (χ2n) is 8.55. The Hall–Kier alpha value is -4.33. The molecule has 2 heterocycles. The van der Waals surface area contributed by atoms with Crippen LogP contribution in [0.1, 0.15) is 31.2 Å². The maximum absolute atomic E-state index is 13.6. The summed E-state index contributed by atoms with van der Waals surface area (Å²) in [5.41, 5.74) is 1.70. The molecule has 0 bridgehead atoms. The summed E-state index contributed by atoms with van der Waals surface area (Å²) in [6.07, 6.45) is 0.130. The molecule has 1 aromatic heterocycles. The van der Waals surface area contributed by atoms with Crippen LogP contribution in [0.25, 0.3) is 16.6 Å². The van der Waals surface area contributed by atoms with Crippen molar-refractivity contribution in [1.82, 2.24) is 9.55 Å². The monoisotopic (exact) mass is 454 g/mol. The van der Waals surface area contributed by atoms with Crippen LogP contribution in [0.15, 0.2) is 77.6 Å². The van der Waals surface area contributed by atoms with E-state index < -0.39 is 16.4 Å². The second kappa shape index (κ2) is 8.22. The van der Waals surface area contributed by atoms with Crippen LogP contribution in [0.3, 0.4) is 0 Å². The van der Waals surface area contributed by atoms with Gasteiger partial charge in [0.15, 0.2) is 0 Å². The van der Waals surface area contributed by atoms with Crippen LogP contribution >= 0.6 is 0 Å². The number of nitro benzene ring substituents is 1. The lowest BCUT2D eigenvalue weighted by Gasteiger charge is -2.22. The largest absolute Gasteiger partial charge is 0.309 e. The minimum atomic E-state index is -0.555. The number of anilines is 1. The van der Waals surface area contributed by atoms with Gasteiger partial charge < -0.3 is 4.90 Å². The lowest BCUT2D eigenvalue weighted by molar-refractivity contribution is -0.384. The minimum Gasteiger partial charge on any atom is -0.309 e. The Kier molecular flexibility index (Phi) is 5.20. The maximum Gasteiger partial charge on any atom is 0.293 e. The number of fused-ring (bicyclic) bond motifs is 2. The van der Waals surface area contributed by atoms with Crippen LogP contribution in [0, 0.1) is 10.1 Å². The summed E-state index contributed by atoms with van der Waals surface area (Å²) in [7, 11) is 0. The molecule has 0 saturated heterocycles. The second-order valence-corrected chi connectivity index (χ2v) is 8.55. The Balaban J connectivity index is 1.74. The van der Waals surface area contributed by atoms with Crippen molar-refractivity contribution in [1.29, 1.82) is 0 Å². The van der Waals surface area contributed by atoms with Crippen molar-refractivity contribution in [3.8, 4) is 5.69 Å². The Bertz CT molecular complexity index is 1510. The predicted molar refractivity (Wildman–Crippen MR) is 130 cm³/mol. The van der Waals surface area contributed by atoms with Gasteiger partial charge in [0.05, 0.1) is 21.7 Å². The molecule has 0 fully saturated rings. The molecule has 34 heavy (non-hydrogen) atoms. The Morgan fingerprint density at radius 2 is 1.59 bits per heavy atom. The summed E-state index contributed by atoms with van der Waals surface area (Å²) in [6, 6.07) is 20.5. The van der Waals surface area contributed by atoms with E-state index in [-0.39, 0.29) is 29.7 Å². The first-order valence-electron chi connectivity index (χ1n) is 11.0. The van der Waals surface area contributed by atoms with Crippen molar-refractivity contribution >= 4 is 28.2 Å². The highest BCUT2D eigenvalue weighted by Gasteiger charge is 2.39. The molecule has 0 aliphatic carbocycles. The first-order valence-corrected chi connectivity index (χ1v) is 11.0. The van der Waals surface area contributed by atoms with Crippen LogP contribution in [0.5, 0.6) is 0 Å². The SMILES string of the molecule is CC(C)N1C(=O)C(Cc2nc3ccccc3c(=O)n2-c2ccccc2[N+](=O)[O-])c2ccccc21. The summed E-state index contributed by atoms with van der Waals surface area (Å²) in [5.74, 6) is -0.329. The molecule has 0 saturated carbocycles. The van der Waals surface area contributed by atoms with Crippen LogP contribution in [-0.4, -0.2) is 26.4 Å². The Morgan fingerprint density at radius 1 is 0.941 bits per heavy atom. The average Bonchev–Trinajstić information content (AvgIpc) is 3.11. The molecule has 5 rings (SSSR count). The fourth-order valence-electron chi connectivity index (χ4n) is 4.71. The molecule has 0 spiro atoms. The van der Waals surface area contributed by atoms with E-state index in [1.807, 2.05) is 38.1 Å². The van der Waals surface area contributed by atoms with Gasteiger partial charge in [0.2, 0.25) is 5.91 Å². The van der Waals surface area contributed by atoms with Crippen molar-refractivity contribution < 1.29 is 9.72 Å². The quantitative estimate of drug-likeness (QED) is 0.329. The molecule has 1 amide bonds. The highest BCUT2D eigenvalue weighted by molar-refractivity contribution is 6.05. The van der Waals surface area contributed by atoms with Gasteiger partial charge in [-0.3, -0.25) is 24.3 Å². The standard InChI is InChI=1S/C26H22N4O4/c1-16(2)28-21-12-6-4-9-17(21)19(26(28)32)15-24-27-20-11-5-3-10-18(20)25(31)29(24)22-13-7-8-14-23(22)30(33)34/h3-14,16,19H,15H2,1-2H3. The molecule has 1 atom stereocenters. The number of nitro groups is 1. The molecule has 8 heteroatoms. The third-order valence-electron chi connectivity index (χ3n) is 6.17. The first-order chi connectivity index (χ1) is 16.4. The third-order valence-corrected chi connectivity index (χ3v) is 6.17. The summed E-state index contributed by atoms with van der Waals surface area (Å²) in [4.78, 5) is 44.8. The zero-order valence-corrected chi connectivity index (χ0v) is 18.7. The van der Waals surface area contributed by atoms with Crippen molar-refractivity contribution in [3.63, 3.8) is 0 Å². The smallest absolute Gasteiger partial charge is 0.293 e. The van der Waals surface area contributed by atoms with E-state index in [0.717, 1.165) is 11.3 Å². The van der Waals surface area contributed by atoms with Gasteiger partial charge in [0.1, 0.15) is 11.5 Å². The number of carbonyl (C=O) groups excluding carboxylic acids is 1. The molecule has 8 nitrogen and oxygen atoms in total. The van der Waals surface area contributed by atoms with Crippen LogP contribution < -0.4 is 10.5 Å². The van der Waals surface area contributed by atoms with Gasteiger partial charge in [-0.15, -0.1) is 0 Å². The van der Waals surface area contributed by atoms with Crippen LogP contribution in [-0.2, 0) is 11.2 Å². The third kappa shape index (κ3) is 3.35. The molecule has 3 aromatic carbocycles. The summed E-state index contributed by atoms with van der Waals surface area (Å²) < 4.78 is 1.29. The van der Waals surface area contributed by atoms with E-state index in [1.54, 1.807) is 41.3 Å². The molecule has 1 aliphatic rings. The molecular formula is C26H22N4O4. The average molecular weight is 454 g/mol. The Morgan fingerprint density at radius 3 is 2.32 bits per heavy atom. The molecule has 0 radical (unpaired) electrons. The van der Waals surface area contributed by atoms with Crippen LogP contribution in [0.2, 0.25) is 0 Å². The number of aromatic nitrogens is 2. The normalized spacial score (nSPS) is 15.2. The van der Waals surface area contributed by atoms with Crippen molar-refractivity contribution in [2.24, 2.45) is 0 Å².